The Morgan fingerprint density at radius 2 is 2.00 bits per heavy atom. The zero-order valence-electron chi connectivity index (χ0n) is 10.4. The minimum Gasteiger partial charge on any atom is -0.506 e. The number of rotatable bonds is 3. The molecule has 0 spiro atoms. The van der Waals surface area contributed by atoms with Crippen molar-refractivity contribution in [2.45, 2.75) is 19.4 Å². The topological polar surface area (TPSA) is 35.5 Å². The molecular formula is C13H18Cl2N2O. The molecule has 1 atom stereocenters. The molecule has 0 bridgehead atoms. The van der Waals surface area contributed by atoms with Crippen molar-refractivity contribution in [1.29, 1.82) is 0 Å². The summed E-state index contributed by atoms with van der Waals surface area (Å²) >= 11 is 12.0. The smallest absolute Gasteiger partial charge is 0.139 e. The van der Waals surface area contributed by atoms with E-state index in [4.69, 9.17) is 23.2 Å². The summed E-state index contributed by atoms with van der Waals surface area (Å²) in [6, 6.07) is 3.56. The van der Waals surface area contributed by atoms with Crippen molar-refractivity contribution in [2.24, 2.45) is 0 Å². The molecular weight excluding hydrogens is 271 g/mol. The second-order valence-corrected chi connectivity index (χ2v) is 5.38. The van der Waals surface area contributed by atoms with Gasteiger partial charge in [-0.3, -0.25) is 4.90 Å². The highest BCUT2D eigenvalue weighted by atomic mass is 35.5. The Hall–Kier alpha value is -0.480. The van der Waals surface area contributed by atoms with Crippen molar-refractivity contribution < 1.29 is 5.11 Å². The quantitative estimate of drug-likeness (QED) is 0.897. The maximum absolute atomic E-state index is 10.1. The number of benzene rings is 1. The normalized spacial score (nSPS) is 18.8. The predicted octanol–water partition coefficient (Wildman–Crippen LogP) is 3.06. The second-order valence-electron chi connectivity index (χ2n) is 4.54. The third-order valence-electron chi connectivity index (χ3n) is 3.40. The molecule has 2 rings (SSSR count). The van der Waals surface area contributed by atoms with Crippen molar-refractivity contribution in [2.75, 3.05) is 26.2 Å². The van der Waals surface area contributed by atoms with Crippen LogP contribution in [0.1, 0.15) is 24.9 Å². The molecule has 1 heterocycles. The summed E-state index contributed by atoms with van der Waals surface area (Å²) < 4.78 is 0. The lowest BCUT2D eigenvalue weighted by Crippen LogP contribution is -2.45. The fraction of sp³-hybridized carbons (Fsp3) is 0.538. The number of phenolic OH excluding ortho intramolecular Hbond substituents is 1. The number of nitrogens with one attached hydrogen (secondary N) is 1. The lowest BCUT2D eigenvalue weighted by molar-refractivity contribution is 0.167. The van der Waals surface area contributed by atoms with Crippen molar-refractivity contribution in [3.8, 4) is 5.75 Å². The van der Waals surface area contributed by atoms with Crippen LogP contribution in [0.25, 0.3) is 0 Å². The average Bonchev–Trinajstić information content (AvgIpc) is 2.37. The number of piperazine rings is 1. The number of hydrogen-bond acceptors (Lipinski definition) is 3. The van der Waals surface area contributed by atoms with E-state index in [-0.39, 0.29) is 11.8 Å². The molecule has 0 aliphatic carbocycles. The monoisotopic (exact) mass is 288 g/mol. The minimum absolute atomic E-state index is 0.159. The van der Waals surface area contributed by atoms with Gasteiger partial charge in [0.1, 0.15) is 5.75 Å². The molecule has 1 aromatic rings. The Morgan fingerprint density at radius 3 is 2.61 bits per heavy atom. The van der Waals surface area contributed by atoms with E-state index in [1.54, 1.807) is 6.07 Å². The zero-order chi connectivity index (χ0) is 13.1. The third kappa shape index (κ3) is 2.91. The molecule has 1 saturated heterocycles. The molecule has 1 aromatic carbocycles. The van der Waals surface area contributed by atoms with Gasteiger partial charge in [0.25, 0.3) is 0 Å². The SMILES string of the molecule is CC[C@H](c1cc(Cl)cc(Cl)c1O)N1CCNCC1. The highest BCUT2D eigenvalue weighted by Crippen LogP contribution is 2.38. The van der Waals surface area contributed by atoms with Gasteiger partial charge in [0.2, 0.25) is 0 Å². The van der Waals surface area contributed by atoms with Crippen LogP contribution in [0.3, 0.4) is 0 Å². The van der Waals surface area contributed by atoms with Gasteiger partial charge in [-0.25, -0.2) is 0 Å². The van der Waals surface area contributed by atoms with Gasteiger partial charge in [-0.1, -0.05) is 30.1 Å². The first-order valence-electron chi connectivity index (χ1n) is 6.26. The standard InChI is InChI=1S/C13H18Cl2N2O/c1-2-12(17-5-3-16-4-6-17)10-7-9(14)8-11(15)13(10)18/h7-8,12,16,18H,2-6H2,1H3/t12-/m1/s1. The summed E-state index contributed by atoms with van der Waals surface area (Å²) in [7, 11) is 0. The molecule has 1 aliphatic heterocycles. The summed E-state index contributed by atoms with van der Waals surface area (Å²) in [5.74, 6) is 0.159. The Morgan fingerprint density at radius 1 is 1.33 bits per heavy atom. The van der Waals surface area contributed by atoms with E-state index in [2.05, 4.69) is 17.1 Å². The summed E-state index contributed by atoms with van der Waals surface area (Å²) in [4.78, 5) is 2.36. The van der Waals surface area contributed by atoms with E-state index < -0.39 is 0 Å². The van der Waals surface area contributed by atoms with Crippen LogP contribution in [0, 0.1) is 0 Å². The summed E-state index contributed by atoms with van der Waals surface area (Å²) in [5, 5.41) is 14.3. The lowest BCUT2D eigenvalue weighted by Gasteiger charge is -2.35. The van der Waals surface area contributed by atoms with Gasteiger partial charge in [-0.15, -0.1) is 0 Å². The third-order valence-corrected chi connectivity index (χ3v) is 3.90. The van der Waals surface area contributed by atoms with Crippen molar-refractivity contribution in [1.82, 2.24) is 10.2 Å². The molecule has 0 radical (unpaired) electrons. The minimum atomic E-state index is 0.159. The van der Waals surface area contributed by atoms with Gasteiger partial charge in [0, 0.05) is 42.8 Å². The molecule has 0 amide bonds. The van der Waals surface area contributed by atoms with Crippen LogP contribution in [0.4, 0.5) is 0 Å². The van der Waals surface area contributed by atoms with Gasteiger partial charge in [-0.05, 0) is 18.6 Å². The van der Waals surface area contributed by atoms with Crippen LogP contribution in [0.15, 0.2) is 12.1 Å². The maximum Gasteiger partial charge on any atom is 0.139 e. The van der Waals surface area contributed by atoms with E-state index >= 15 is 0 Å². The zero-order valence-corrected chi connectivity index (χ0v) is 11.9. The van der Waals surface area contributed by atoms with Gasteiger partial charge in [0.15, 0.2) is 0 Å². The molecule has 3 nitrogen and oxygen atoms in total. The van der Waals surface area contributed by atoms with E-state index in [0.717, 1.165) is 38.2 Å². The highest BCUT2D eigenvalue weighted by Gasteiger charge is 2.24. The van der Waals surface area contributed by atoms with Crippen LogP contribution in [0.2, 0.25) is 10.0 Å². The predicted molar refractivity (Wildman–Crippen MR) is 75.6 cm³/mol. The molecule has 0 unspecified atom stereocenters. The first-order valence-corrected chi connectivity index (χ1v) is 7.01. The first-order chi connectivity index (χ1) is 8.63. The van der Waals surface area contributed by atoms with Crippen molar-refractivity contribution in [3.63, 3.8) is 0 Å². The van der Waals surface area contributed by atoms with Crippen LogP contribution in [-0.2, 0) is 0 Å². The van der Waals surface area contributed by atoms with Gasteiger partial charge in [0.05, 0.1) is 5.02 Å². The Labute approximate surface area is 118 Å². The van der Waals surface area contributed by atoms with Crippen molar-refractivity contribution in [3.05, 3.63) is 27.7 Å². The largest absolute Gasteiger partial charge is 0.506 e. The first kappa shape index (κ1) is 13.9. The molecule has 0 saturated carbocycles. The lowest BCUT2D eigenvalue weighted by atomic mass is 10.0. The van der Waals surface area contributed by atoms with Crippen LogP contribution < -0.4 is 5.32 Å². The van der Waals surface area contributed by atoms with Gasteiger partial charge < -0.3 is 10.4 Å². The number of halogens is 2. The number of nitrogens with zero attached hydrogens (tertiary/aromatic N) is 1. The fourth-order valence-electron chi connectivity index (χ4n) is 2.51. The number of phenols is 1. The second kappa shape index (κ2) is 6.11. The number of aromatic hydroxyl groups is 1. The molecule has 1 fully saturated rings. The summed E-state index contributed by atoms with van der Waals surface area (Å²) in [6.45, 7) is 6.02. The molecule has 0 aromatic heterocycles. The van der Waals surface area contributed by atoms with E-state index in [9.17, 15) is 5.11 Å². The fourth-order valence-corrected chi connectivity index (χ4v) is 3.02. The van der Waals surface area contributed by atoms with E-state index in [0.29, 0.717) is 10.0 Å². The summed E-state index contributed by atoms with van der Waals surface area (Å²) in [5.41, 5.74) is 0.830. The molecule has 18 heavy (non-hydrogen) atoms. The molecule has 100 valence electrons. The van der Waals surface area contributed by atoms with Crippen LogP contribution in [0.5, 0.6) is 5.75 Å². The van der Waals surface area contributed by atoms with Crippen LogP contribution in [-0.4, -0.2) is 36.2 Å². The Kier molecular flexibility index (Phi) is 4.73. The Balaban J connectivity index is 2.31. The summed E-state index contributed by atoms with van der Waals surface area (Å²) in [6.07, 6.45) is 0.921. The van der Waals surface area contributed by atoms with Gasteiger partial charge >= 0.3 is 0 Å². The van der Waals surface area contributed by atoms with E-state index in [1.165, 1.54) is 0 Å². The maximum atomic E-state index is 10.1. The Bertz CT molecular complexity index is 420. The van der Waals surface area contributed by atoms with Crippen LogP contribution >= 0.6 is 23.2 Å². The van der Waals surface area contributed by atoms with Gasteiger partial charge in [-0.2, -0.15) is 0 Å². The molecule has 2 N–H and O–H groups in total. The van der Waals surface area contributed by atoms with E-state index in [1.807, 2.05) is 6.07 Å². The van der Waals surface area contributed by atoms with Crippen molar-refractivity contribution >= 4 is 23.2 Å². The number of hydrogen-bond donors (Lipinski definition) is 2. The molecule has 1 aliphatic rings. The highest BCUT2D eigenvalue weighted by molar-refractivity contribution is 6.35. The average molecular weight is 289 g/mol. The molecule has 5 heteroatoms.